The smallest absolute Gasteiger partial charge is 0.105 e. The minimum Gasteiger partial charge on any atom is -0.394 e. The summed E-state index contributed by atoms with van der Waals surface area (Å²) < 4.78 is 0. The summed E-state index contributed by atoms with van der Waals surface area (Å²) in [5.74, 6) is 0. The molecule has 0 saturated carbocycles. The van der Waals surface area contributed by atoms with E-state index in [9.17, 15) is 0 Å². The third-order valence-electron chi connectivity index (χ3n) is 0.818. The van der Waals surface area contributed by atoms with Crippen LogP contribution in [0.2, 0.25) is 0 Å². The zero-order valence-electron chi connectivity index (χ0n) is 4.80. The summed E-state index contributed by atoms with van der Waals surface area (Å²) >= 11 is 0. The van der Waals surface area contributed by atoms with E-state index in [1.165, 1.54) is 0 Å². The standard InChI is InChI=1S/C4H10O4.N/c5-1-3(7)4(8)2-6;/h3-8H,1-2H2;/t3-,4+;. The lowest BCUT2D eigenvalue weighted by Gasteiger charge is -2.10. The van der Waals surface area contributed by atoms with Crippen LogP contribution in [0.1, 0.15) is 0 Å². The Morgan fingerprint density at radius 1 is 0.889 bits per heavy atom. The third kappa shape index (κ3) is 4.31. The molecule has 9 heavy (non-hydrogen) atoms. The van der Waals surface area contributed by atoms with E-state index in [4.69, 9.17) is 20.4 Å². The SMILES string of the molecule is OC[C@@H](O)[C@@H](O)CO.[N]. The van der Waals surface area contributed by atoms with Crippen molar-refractivity contribution in [1.29, 1.82) is 0 Å². The molecule has 0 bridgehead atoms. The maximum atomic E-state index is 8.47. The van der Waals surface area contributed by atoms with Gasteiger partial charge in [-0.3, -0.25) is 0 Å². The molecule has 55 valence electrons. The van der Waals surface area contributed by atoms with Crippen LogP contribution in [0, 0.1) is 0 Å². The molecule has 2 atom stereocenters. The molecule has 0 rings (SSSR count). The molecule has 0 aliphatic rings. The fourth-order valence-electron chi connectivity index (χ4n) is 0.243. The molecule has 0 unspecified atom stereocenters. The fraction of sp³-hybridized carbons (Fsp3) is 1.00. The van der Waals surface area contributed by atoms with Crippen molar-refractivity contribution in [2.75, 3.05) is 13.2 Å². The van der Waals surface area contributed by atoms with Crippen molar-refractivity contribution in [2.24, 2.45) is 0 Å². The van der Waals surface area contributed by atoms with Crippen molar-refractivity contribution < 1.29 is 20.4 Å². The Bertz CT molecular complexity index is 52.5. The quantitative estimate of drug-likeness (QED) is 0.336. The summed E-state index contributed by atoms with van der Waals surface area (Å²) in [5.41, 5.74) is 0. The second-order valence-electron chi connectivity index (χ2n) is 1.50. The van der Waals surface area contributed by atoms with E-state index in [0.29, 0.717) is 0 Å². The Kier molecular flexibility index (Phi) is 7.63. The summed E-state index contributed by atoms with van der Waals surface area (Å²) in [6, 6.07) is 0. The first-order valence-corrected chi connectivity index (χ1v) is 2.30. The van der Waals surface area contributed by atoms with Crippen LogP contribution < -0.4 is 6.15 Å². The van der Waals surface area contributed by atoms with Crippen LogP contribution in [0.25, 0.3) is 0 Å². The van der Waals surface area contributed by atoms with Crippen LogP contribution in [0.3, 0.4) is 0 Å². The third-order valence-corrected chi connectivity index (χ3v) is 0.818. The van der Waals surface area contributed by atoms with Crippen molar-refractivity contribution in [3.8, 4) is 0 Å². The van der Waals surface area contributed by atoms with E-state index in [1.54, 1.807) is 0 Å². The summed E-state index contributed by atoms with van der Waals surface area (Å²) in [4.78, 5) is 0. The minimum atomic E-state index is -1.22. The topological polar surface area (TPSA) is 111 Å². The van der Waals surface area contributed by atoms with Gasteiger partial charge in [-0.05, 0) is 0 Å². The molecule has 3 radical (unpaired) electrons. The Balaban J connectivity index is 0. The van der Waals surface area contributed by atoms with Gasteiger partial charge in [-0.2, -0.15) is 0 Å². The van der Waals surface area contributed by atoms with E-state index >= 15 is 0 Å². The lowest BCUT2D eigenvalue weighted by molar-refractivity contribution is -0.0388. The number of hydrogen-bond acceptors (Lipinski definition) is 4. The highest BCUT2D eigenvalue weighted by atomic mass is 16.4. The van der Waals surface area contributed by atoms with Gasteiger partial charge in [0, 0.05) is 6.15 Å². The van der Waals surface area contributed by atoms with Crippen LogP contribution >= 0.6 is 0 Å². The number of aliphatic hydroxyl groups is 4. The van der Waals surface area contributed by atoms with E-state index in [-0.39, 0.29) is 6.15 Å². The lowest BCUT2D eigenvalue weighted by Crippen LogP contribution is -2.31. The number of nitrogens with zero attached hydrogens (tertiary/aromatic N) is 1. The average Bonchev–Trinajstić information content (AvgIpc) is 1.84. The monoisotopic (exact) mass is 136 g/mol. The van der Waals surface area contributed by atoms with Gasteiger partial charge in [0.1, 0.15) is 12.2 Å². The zero-order chi connectivity index (χ0) is 6.57. The fourth-order valence-corrected chi connectivity index (χ4v) is 0.243. The molecule has 5 heteroatoms. The molecule has 0 aromatic heterocycles. The first-order chi connectivity index (χ1) is 3.72. The summed E-state index contributed by atoms with van der Waals surface area (Å²) in [6.07, 6.45) is -2.44. The van der Waals surface area contributed by atoms with Gasteiger partial charge >= 0.3 is 0 Å². The highest BCUT2D eigenvalue weighted by Gasteiger charge is 2.12. The van der Waals surface area contributed by atoms with Crippen molar-refractivity contribution in [3.05, 3.63) is 0 Å². The molecule has 4 N–H and O–H groups in total. The molecule has 0 amide bonds. The van der Waals surface area contributed by atoms with Gasteiger partial charge in [-0.25, -0.2) is 0 Å². The molecule has 5 nitrogen and oxygen atoms in total. The van der Waals surface area contributed by atoms with Crippen LogP contribution in [0.4, 0.5) is 0 Å². The summed E-state index contributed by atoms with van der Waals surface area (Å²) in [5, 5.41) is 33.2. The highest BCUT2D eigenvalue weighted by Crippen LogP contribution is 1.88. The predicted octanol–water partition coefficient (Wildman–Crippen LogP) is -2.79. The maximum Gasteiger partial charge on any atom is 0.105 e. The first-order valence-electron chi connectivity index (χ1n) is 2.30. The second-order valence-corrected chi connectivity index (χ2v) is 1.50. The molecular formula is C4H10NO4. The van der Waals surface area contributed by atoms with Gasteiger partial charge in [-0.15, -0.1) is 0 Å². The highest BCUT2D eigenvalue weighted by molar-refractivity contribution is 4.62. The second kappa shape index (κ2) is 5.93. The summed E-state index contributed by atoms with van der Waals surface area (Å²) in [7, 11) is 0. The van der Waals surface area contributed by atoms with E-state index in [1.807, 2.05) is 0 Å². The number of hydrogen-bond donors (Lipinski definition) is 4. The largest absolute Gasteiger partial charge is 0.394 e. The van der Waals surface area contributed by atoms with Gasteiger partial charge in [0.15, 0.2) is 0 Å². The van der Waals surface area contributed by atoms with Gasteiger partial charge in [0.2, 0.25) is 0 Å². The zero-order valence-corrected chi connectivity index (χ0v) is 4.80. The average molecular weight is 136 g/mol. The molecule has 0 spiro atoms. The summed E-state index contributed by atoms with van der Waals surface area (Å²) in [6.45, 7) is -1.05. The normalized spacial score (nSPS) is 16.0. The molecule has 0 aromatic rings. The minimum absolute atomic E-state index is 0. The van der Waals surface area contributed by atoms with Crippen molar-refractivity contribution in [2.45, 2.75) is 12.2 Å². The molecule has 0 aromatic carbocycles. The van der Waals surface area contributed by atoms with Gasteiger partial charge in [0.25, 0.3) is 0 Å². The predicted molar refractivity (Wildman–Crippen MR) is 28.3 cm³/mol. The molecule has 0 aliphatic carbocycles. The van der Waals surface area contributed by atoms with Gasteiger partial charge < -0.3 is 20.4 Å². The molecule has 0 saturated heterocycles. The number of aliphatic hydroxyl groups excluding tert-OH is 4. The van der Waals surface area contributed by atoms with Gasteiger partial charge in [-0.1, -0.05) is 0 Å². The first kappa shape index (κ1) is 11.6. The lowest BCUT2D eigenvalue weighted by atomic mass is 10.2. The van der Waals surface area contributed by atoms with Crippen molar-refractivity contribution in [1.82, 2.24) is 6.15 Å². The Morgan fingerprint density at radius 3 is 1.22 bits per heavy atom. The Morgan fingerprint density at radius 2 is 1.11 bits per heavy atom. The van der Waals surface area contributed by atoms with E-state index < -0.39 is 25.4 Å². The molecule has 0 fully saturated rings. The Labute approximate surface area is 53.1 Å². The van der Waals surface area contributed by atoms with Crippen LogP contribution in [-0.4, -0.2) is 45.8 Å². The van der Waals surface area contributed by atoms with Gasteiger partial charge in [0.05, 0.1) is 13.2 Å². The van der Waals surface area contributed by atoms with Crippen molar-refractivity contribution in [3.63, 3.8) is 0 Å². The van der Waals surface area contributed by atoms with Crippen LogP contribution in [0.5, 0.6) is 0 Å². The Hall–Kier alpha value is -0.200. The molecular weight excluding hydrogens is 126 g/mol. The van der Waals surface area contributed by atoms with E-state index in [0.717, 1.165) is 0 Å². The molecule has 0 aliphatic heterocycles. The number of rotatable bonds is 3. The molecule has 0 heterocycles. The maximum absolute atomic E-state index is 8.47. The van der Waals surface area contributed by atoms with E-state index in [2.05, 4.69) is 0 Å². The van der Waals surface area contributed by atoms with Crippen molar-refractivity contribution >= 4 is 0 Å². The van der Waals surface area contributed by atoms with Crippen LogP contribution in [0.15, 0.2) is 0 Å². The van der Waals surface area contributed by atoms with Crippen LogP contribution in [-0.2, 0) is 0 Å².